The van der Waals surface area contributed by atoms with Crippen molar-refractivity contribution in [3.8, 4) is 0 Å². The Morgan fingerprint density at radius 1 is 1.50 bits per heavy atom. The molecule has 22 heavy (non-hydrogen) atoms. The summed E-state index contributed by atoms with van der Waals surface area (Å²) in [4.78, 5) is 7.80. The lowest BCUT2D eigenvalue weighted by Gasteiger charge is -2.28. The van der Waals surface area contributed by atoms with Crippen LogP contribution >= 0.6 is 0 Å². The van der Waals surface area contributed by atoms with Gasteiger partial charge >= 0.3 is 0 Å². The van der Waals surface area contributed by atoms with Crippen LogP contribution in [0.25, 0.3) is 5.65 Å². The highest BCUT2D eigenvalue weighted by Crippen LogP contribution is 2.43. The smallest absolute Gasteiger partial charge is 0.240 e. The Balaban J connectivity index is 2.09. The molecule has 0 radical (unpaired) electrons. The van der Waals surface area contributed by atoms with Crippen molar-refractivity contribution in [2.75, 3.05) is 18.1 Å². The molecule has 9 nitrogen and oxygen atoms in total. The predicted octanol–water partition coefficient (Wildman–Crippen LogP) is -0.800. The Kier molecular flexibility index (Phi) is 3.38. The van der Waals surface area contributed by atoms with E-state index in [9.17, 15) is 14.6 Å². The lowest BCUT2D eigenvalue weighted by atomic mass is 9.93. The second-order valence-electron chi connectivity index (χ2n) is 5.28. The fraction of sp³-hybridized carbons (Fsp3) is 0.583. The number of halogens is 1. The Labute approximate surface area is 124 Å². The van der Waals surface area contributed by atoms with Crippen molar-refractivity contribution >= 4 is 17.4 Å². The highest BCUT2D eigenvalue weighted by atomic mass is 19.1. The average molecular weight is 312 g/mol. The minimum atomic E-state index is -1.75. The monoisotopic (exact) mass is 312 g/mol. The van der Waals surface area contributed by atoms with Gasteiger partial charge in [-0.15, -0.1) is 5.10 Å². The fourth-order valence-corrected chi connectivity index (χ4v) is 2.73. The van der Waals surface area contributed by atoms with Gasteiger partial charge < -0.3 is 26.4 Å². The summed E-state index contributed by atoms with van der Waals surface area (Å²) >= 11 is 0. The molecule has 0 aliphatic carbocycles. The van der Waals surface area contributed by atoms with E-state index < -0.39 is 30.6 Å². The van der Waals surface area contributed by atoms with Gasteiger partial charge in [0.1, 0.15) is 17.8 Å². The van der Waals surface area contributed by atoms with E-state index >= 15 is 0 Å². The molecule has 3 heterocycles. The molecule has 6 N–H and O–H groups in total. The van der Waals surface area contributed by atoms with Gasteiger partial charge in [0.25, 0.3) is 0 Å². The maximum absolute atomic E-state index is 14.5. The van der Waals surface area contributed by atoms with Crippen molar-refractivity contribution in [2.24, 2.45) is 0 Å². The molecular formula is C12H17FN6O3. The number of nitrogens with two attached hydrogens (primary N) is 2. The van der Waals surface area contributed by atoms with Crippen molar-refractivity contribution in [1.82, 2.24) is 19.6 Å². The van der Waals surface area contributed by atoms with Crippen LogP contribution in [0.3, 0.4) is 0 Å². The van der Waals surface area contributed by atoms with Crippen LogP contribution in [0.4, 0.5) is 16.2 Å². The summed E-state index contributed by atoms with van der Waals surface area (Å²) in [5.41, 5.74) is 10.3. The zero-order chi connectivity index (χ0) is 16.1. The number of aromatic nitrogens is 4. The molecule has 10 heteroatoms. The number of nitrogen functional groups attached to an aromatic ring is 2. The molecule has 3 rings (SSSR count). The number of aliphatic hydroxyl groups is 2. The van der Waals surface area contributed by atoms with Crippen molar-refractivity contribution < 1.29 is 19.3 Å². The largest absolute Gasteiger partial charge is 0.393 e. The summed E-state index contributed by atoms with van der Waals surface area (Å²) in [6.07, 6.45) is -2.77. The Bertz CT molecular complexity index is 703. The number of fused-ring (bicyclic) bond motifs is 1. The molecule has 2 aromatic heterocycles. The van der Waals surface area contributed by atoms with E-state index in [1.807, 2.05) is 0 Å². The Hall–Kier alpha value is -2.04. The SMILES string of the molecule is CCC1(CO)OC(c2cnc3c(N)nc(N)nn23)C(F)C1O. The van der Waals surface area contributed by atoms with Crippen LogP contribution in [0.2, 0.25) is 0 Å². The molecule has 1 saturated heterocycles. The molecule has 1 fully saturated rings. The second-order valence-corrected chi connectivity index (χ2v) is 5.28. The third-order valence-corrected chi connectivity index (χ3v) is 4.08. The van der Waals surface area contributed by atoms with Crippen LogP contribution in [-0.4, -0.2) is 54.3 Å². The van der Waals surface area contributed by atoms with Crippen molar-refractivity contribution in [3.05, 3.63) is 11.9 Å². The van der Waals surface area contributed by atoms with Gasteiger partial charge in [-0.25, -0.2) is 13.9 Å². The third-order valence-electron chi connectivity index (χ3n) is 4.08. The minimum absolute atomic E-state index is 0.0524. The van der Waals surface area contributed by atoms with E-state index in [4.69, 9.17) is 16.2 Å². The zero-order valence-corrected chi connectivity index (χ0v) is 11.8. The number of rotatable bonds is 3. The van der Waals surface area contributed by atoms with Crippen molar-refractivity contribution in [1.29, 1.82) is 0 Å². The number of ether oxygens (including phenoxy) is 1. The summed E-state index contributed by atoms with van der Waals surface area (Å²) in [6, 6.07) is 0. The molecule has 1 aliphatic heterocycles. The Morgan fingerprint density at radius 2 is 2.23 bits per heavy atom. The minimum Gasteiger partial charge on any atom is -0.393 e. The second kappa shape index (κ2) is 5.00. The molecule has 0 spiro atoms. The normalized spacial score (nSPS) is 31.9. The molecule has 2 aromatic rings. The maximum Gasteiger partial charge on any atom is 0.240 e. The molecule has 4 unspecified atom stereocenters. The van der Waals surface area contributed by atoms with Gasteiger partial charge in [0.2, 0.25) is 5.95 Å². The zero-order valence-electron chi connectivity index (χ0n) is 11.8. The lowest BCUT2D eigenvalue weighted by Crippen LogP contribution is -2.44. The summed E-state index contributed by atoms with van der Waals surface area (Å²) in [5, 5.41) is 23.5. The van der Waals surface area contributed by atoms with Gasteiger partial charge in [0.05, 0.1) is 18.5 Å². The average Bonchev–Trinajstić information content (AvgIpc) is 3.01. The Morgan fingerprint density at radius 3 is 2.82 bits per heavy atom. The van der Waals surface area contributed by atoms with Crippen molar-refractivity contribution in [2.45, 2.75) is 37.3 Å². The first kappa shape index (κ1) is 14.9. The highest BCUT2D eigenvalue weighted by molar-refractivity contribution is 5.60. The van der Waals surface area contributed by atoms with E-state index in [-0.39, 0.29) is 29.5 Å². The first-order valence-electron chi connectivity index (χ1n) is 6.81. The number of aliphatic hydroxyl groups excluding tert-OH is 2. The summed E-state index contributed by atoms with van der Waals surface area (Å²) < 4.78 is 21.4. The van der Waals surface area contributed by atoms with E-state index in [0.29, 0.717) is 0 Å². The quantitative estimate of drug-likeness (QED) is 0.576. The van der Waals surface area contributed by atoms with Crippen LogP contribution in [0, 0.1) is 0 Å². The number of alkyl halides is 1. The van der Waals surface area contributed by atoms with Gasteiger partial charge in [-0.05, 0) is 6.42 Å². The van der Waals surface area contributed by atoms with Gasteiger partial charge in [-0.3, -0.25) is 0 Å². The molecule has 0 bridgehead atoms. The summed E-state index contributed by atoms with van der Waals surface area (Å²) in [5.74, 6) is -0.0428. The molecule has 0 saturated carbocycles. The summed E-state index contributed by atoms with van der Waals surface area (Å²) in [7, 11) is 0. The number of nitrogens with zero attached hydrogens (tertiary/aromatic N) is 4. The van der Waals surface area contributed by atoms with Crippen LogP contribution in [-0.2, 0) is 4.74 Å². The molecule has 120 valence electrons. The van der Waals surface area contributed by atoms with Gasteiger partial charge in [0.15, 0.2) is 17.6 Å². The molecule has 0 amide bonds. The van der Waals surface area contributed by atoms with E-state index in [1.165, 1.54) is 10.7 Å². The van der Waals surface area contributed by atoms with Crippen molar-refractivity contribution in [3.63, 3.8) is 0 Å². The van der Waals surface area contributed by atoms with Crippen LogP contribution in [0.15, 0.2) is 6.20 Å². The molecule has 1 aliphatic rings. The van der Waals surface area contributed by atoms with E-state index in [0.717, 1.165) is 0 Å². The topological polar surface area (TPSA) is 145 Å². The first-order chi connectivity index (χ1) is 10.4. The molecule has 0 aromatic carbocycles. The number of hydrogen-bond acceptors (Lipinski definition) is 8. The van der Waals surface area contributed by atoms with Gasteiger partial charge in [-0.1, -0.05) is 6.92 Å². The number of anilines is 2. The van der Waals surface area contributed by atoms with Gasteiger partial charge in [-0.2, -0.15) is 4.98 Å². The standard InChI is InChI=1S/C12H17FN6O3/c1-2-12(4-20)8(21)6(13)7(22-12)5-3-16-10-9(14)17-11(15)18-19(5)10/h3,6-8,20-21H,2,4H2,1H3,(H4,14,15,17,18). The maximum atomic E-state index is 14.5. The van der Waals surface area contributed by atoms with E-state index in [2.05, 4.69) is 15.1 Å². The molecular weight excluding hydrogens is 295 g/mol. The van der Waals surface area contributed by atoms with Crippen LogP contribution in [0.1, 0.15) is 25.1 Å². The molecule has 4 atom stereocenters. The predicted molar refractivity (Wildman–Crippen MR) is 74.4 cm³/mol. The number of imidazole rings is 1. The van der Waals surface area contributed by atoms with Crippen LogP contribution in [0.5, 0.6) is 0 Å². The lowest BCUT2D eigenvalue weighted by molar-refractivity contribution is -0.115. The van der Waals surface area contributed by atoms with Gasteiger partial charge in [0, 0.05) is 0 Å². The summed E-state index contributed by atoms with van der Waals surface area (Å²) in [6.45, 7) is 1.19. The third kappa shape index (κ3) is 1.91. The number of hydrogen-bond donors (Lipinski definition) is 4. The van der Waals surface area contributed by atoms with E-state index in [1.54, 1.807) is 6.92 Å². The first-order valence-corrected chi connectivity index (χ1v) is 6.81. The highest BCUT2D eigenvalue weighted by Gasteiger charge is 2.55. The fourth-order valence-electron chi connectivity index (χ4n) is 2.73. The van der Waals surface area contributed by atoms with Crippen LogP contribution < -0.4 is 11.5 Å².